The Morgan fingerprint density at radius 2 is 1.88 bits per heavy atom. The number of hydrogen-bond donors (Lipinski definition) is 3. The van der Waals surface area contributed by atoms with E-state index in [0.717, 1.165) is 0 Å². The van der Waals surface area contributed by atoms with Crippen molar-refractivity contribution in [2.75, 3.05) is 5.75 Å². The number of carboxylic acid groups (broad SMARTS) is 1. The zero-order chi connectivity index (χ0) is 12.9. The van der Waals surface area contributed by atoms with E-state index in [1.165, 1.54) is 18.7 Å². The van der Waals surface area contributed by atoms with Crippen LogP contribution in [0.15, 0.2) is 0 Å². The van der Waals surface area contributed by atoms with Crippen molar-refractivity contribution in [3.8, 4) is 0 Å². The lowest BCUT2D eigenvalue weighted by atomic mass is 10.2. The van der Waals surface area contributed by atoms with E-state index in [1.54, 1.807) is 0 Å². The number of rotatable bonds is 5. The second kappa shape index (κ2) is 6.10. The Kier molecular flexibility index (Phi) is 5.81. The fourth-order valence-corrected chi connectivity index (χ4v) is 1.53. The molecule has 0 aliphatic rings. The van der Waals surface area contributed by atoms with Gasteiger partial charge in [-0.25, -0.2) is 4.79 Å². The first-order valence-corrected chi connectivity index (χ1v) is 5.96. The molecule has 2 atom stereocenters. The SMILES string of the molecule is C[C@@H](O)[C@H](NC(=O)CSC(C)(C)C)C(=O)O. The Morgan fingerprint density at radius 3 is 2.19 bits per heavy atom. The van der Waals surface area contributed by atoms with Gasteiger partial charge in [0, 0.05) is 4.75 Å². The van der Waals surface area contributed by atoms with Gasteiger partial charge in [0.15, 0.2) is 6.04 Å². The second-order valence-electron chi connectivity index (χ2n) is 4.53. The highest BCUT2D eigenvalue weighted by atomic mass is 32.2. The number of aliphatic carboxylic acids is 1. The molecule has 0 aromatic carbocycles. The number of carbonyl (C=O) groups excluding carboxylic acids is 1. The van der Waals surface area contributed by atoms with Crippen LogP contribution in [0, 0.1) is 0 Å². The van der Waals surface area contributed by atoms with Crippen LogP contribution in [-0.2, 0) is 9.59 Å². The molecule has 0 radical (unpaired) electrons. The molecule has 94 valence electrons. The molecule has 0 aromatic heterocycles. The van der Waals surface area contributed by atoms with Crippen molar-refractivity contribution < 1.29 is 19.8 Å². The predicted molar refractivity (Wildman–Crippen MR) is 63.5 cm³/mol. The van der Waals surface area contributed by atoms with E-state index in [2.05, 4.69) is 5.32 Å². The molecule has 0 saturated carbocycles. The highest BCUT2D eigenvalue weighted by Gasteiger charge is 2.25. The van der Waals surface area contributed by atoms with Crippen molar-refractivity contribution in [2.45, 2.75) is 44.6 Å². The monoisotopic (exact) mass is 249 g/mol. The summed E-state index contributed by atoms with van der Waals surface area (Å²) in [5.41, 5.74) is 0. The smallest absolute Gasteiger partial charge is 0.328 e. The average Bonchev–Trinajstić information content (AvgIpc) is 2.08. The molecule has 3 N–H and O–H groups in total. The van der Waals surface area contributed by atoms with Gasteiger partial charge < -0.3 is 15.5 Å². The summed E-state index contributed by atoms with van der Waals surface area (Å²) < 4.78 is -0.0547. The van der Waals surface area contributed by atoms with Crippen molar-refractivity contribution in [1.82, 2.24) is 5.32 Å². The van der Waals surface area contributed by atoms with Crippen molar-refractivity contribution in [2.24, 2.45) is 0 Å². The number of nitrogens with one attached hydrogen (secondary N) is 1. The van der Waals surface area contributed by atoms with Crippen LogP contribution in [0.5, 0.6) is 0 Å². The molecule has 0 spiro atoms. The molecular weight excluding hydrogens is 230 g/mol. The number of thioether (sulfide) groups is 1. The van der Waals surface area contributed by atoms with Crippen LogP contribution in [0.25, 0.3) is 0 Å². The molecule has 16 heavy (non-hydrogen) atoms. The van der Waals surface area contributed by atoms with E-state index in [4.69, 9.17) is 10.2 Å². The average molecular weight is 249 g/mol. The summed E-state index contributed by atoms with van der Waals surface area (Å²) in [5.74, 6) is -1.43. The van der Waals surface area contributed by atoms with Gasteiger partial charge in [-0.3, -0.25) is 4.79 Å². The first-order valence-electron chi connectivity index (χ1n) is 4.97. The van der Waals surface area contributed by atoms with Gasteiger partial charge in [-0.05, 0) is 6.92 Å². The Balaban J connectivity index is 4.17. The van der Waals surface area contributed by atoms with Gasteiger partial charge in [-0.2, -0.15) is 0 Å². The standard InChI is InChI=1S/C10H19NO4S/c1-6(12)8(9(14)15)11-7(13)5-16-10(2,3)4/h6,8,12H,5H2,1-4H3,(H,11,13)(H,14,15)/t6-,8+/m1/s1. The van der Waals surface area contributed by atoms with Crippen molar-refractivity contribution in [3.05, 3.63) is 0 Å². The summed E-state index contributed by atoms with van der Waals surface area (Å²) in [5, 5.41) is 20.2. The highest BCUT2D eigenvalue weighted by Crippen LogP contribution is 2.22. The van der Waals surface area contributed by atoms with E-state index >= 15 is 0 Å². The Labute approximate surface area is 99.6 Å². The lowest BCUT2D eigenvalue weighted by Crippen LogP contribution is -2.48. The van der Waals surface area contributed by atoms with Crippen molar-refractivity contribution in [1.29, 1.82) is 0 Å². The molecule has 0 fully saturated rings. The third kappa shape index (κ3) is 6.68. The maximum atomic E-state index is 11.4. The first kappa shape index (κ1) is 15.2. The lowest BCUT2D eigenvalue weighted by Gasteiger charge is -2.20. The number of carbonyl (C=O) groups is 2. The number of amides is 1. The Hall–Kier alpha value is -0.750. The first-order chi connectivity index (χ1) is 7.13. The molecule has 1 amide bonds. The fraction of sp³-hybridized carbons (Fsp3) is 0.800. The van der Waals surface area contributed by atoms with Gasteiger partial charge in [0.25, 0.3) is 0 Å². The van der Waals surface area contributed by atoms with Crippen LogP contribution in [0.1, 0.15) is 27.7 Å². The zero-order valence-corrected chi connectivity index (χ0v) is 10.8. The van der Waals surface area contributed by atoms with Crippen LogP contribution in [0.4, 0.5) is 0 Å². The Morgan fingerprint density at radius 1 is 1.38 bits per heavy atom. The summed E-state index contributed by atoms with van der Waals surface area (Å²) in [4.78, 5) is 22.1. The molecule has 0 saturated heterocycles. The molecule has 0 heterocycles. The van der Waals surface area contributed by atoms with Gasteiger partial charge in [0.2, 0.25) is 5.91 Å². The van der Waals surface area contributed by atoms with Crippen LogP contribution in [0.2, 0.25) is 0 Å². The summed E-state index contributed by atoms with van der Waals surface area (Å²) in [6.45, 7) is 7.23. The van der Waals surface area contributed by atoms with E-state index in [-0.39, 0.29) is 16.4 Å². The van der Waals surface area contributed by atoms with Gasteiger partial charge in [0.1, 0.15) is 0 Å². The number of hydrogen-bond acceptors (Lipinski definition) is 4. The molecule has 0 aliphatic carbocycles. The number of aliphatic hydroxyl groups excluding tert-OH is 1. The molecular formula is C10H19NO4S. The van der Waals surface area contributed by atoms with Gasteiger partial charge in [-0.15, -0.1) is 11.8 Å². The summed E-state index contributed by atoms with van der Waals surface area (Å²) >= 11 is 1.42. The minimum atomic E-state index is -1.24. The van der Waals surface area contributed by atoms with Crippen molar-refractivity contribution in [3.63, 3.8) is 0 Å². The molecule has 0 rings (SSSR count). The van der Waals surface area contributed by atoms with Crippen LogP contribution in [-0.4, -0.2) is 44.7 Å². The molecule has 0 bridgehead atoms. The second-order valence-corrected chi connectivity index (χ2v) is 6.33. The normalized spacial score (nSPS) is 15.3. The molecule has 0 aromatic rings. The molecule has 0 aliphatic heterocycles. The quantitative estimate of drug-likeness (QED) is 0.659. The molecule has 0 unspecified atom stereocenters. The van der Waals surface area contributed by atoms with E-state index in [0.29, 0.717) is 0 Å². The minimum absolute atomic E-state index is 0.0547. The predicted octanol–water partition coefficient (Wildman–Crippen LogP) is 0.468. The maximum Gasteiger partial charge on any atom is 0.328 e. The Bertz CT molecular complexity index is 260. The topological polar surface area (TPSA) is 86.6 Å². The number of carboxylic acids is 1. The van der Waals surface area contributed by atoms with E-state index in [1.807, 2.05) is 20.8 Å². The summed E-state index contributed by atoms with van der Waals surface area (Å²) in [6, 6.07) is -1.24. The van der Waals surface area contributed by atoms with Gasteiger partial charge in [0.05, 0.1) is 11.9 Å². The number of aliphatic hydroxyl groups is 1. The van der Waals surface area contributed by atoms with Crippen LogP contribution in [0.3, 0.4) is 0 Å². The van der Waals surface area contributed by atoms with Crippen LogP contribution < -0.4 is 5.32 Å². The maximum absolute atomic E-state index is 11.4. The fourth-order valence-electron chi connectivity index (χ4n) is 0.886. The lowest BCUT2D eigenvalue weighted by molar-refractivity contribution is -0.144. The molecule has 6 heteroatoms. The van der Waals surface area contributed by atoms with E-state index in [9.17, 15) is 9.59 Å². The largest absolute Gasteiger partial charge is 0.480 e. The summed E-state index contributed by atoms with van der Waals surface area (Å²) in [6.07, 6.45) is -1.11. The van der Waals surface area contributed by atoms with Crippen LogP contribution >= 0.6 is 11.8 Å². The highest BCUT2D eigenvalue weighted by molar-refractivity contribution is 8.01. The minimum Gasteiger partial charge on any atom is -0.480 e. The van der Waals surface area contributed by atoms with Gasteiger partial charge in [-0.1, -0.05) is 20.8 Å². The molecule has 5 nitrogen and oxygen atoms in total. The zero-order valence-electron chi connectivity index (χ0n) is 9.98. The third-order valence-electron chi connectivity index (χ3n) is 1.70. The third-order valence-corrected chi connectivity index (χ3v) is 2.97. The van der Waals surface area contributed by atoms with Crippen molar-refractivity contribution >= 4 is 23.6 Å². The van der Waals surface area contributed by atoms with E-state index < -0.39 is 18.1 Å². The van der Waals surface area contributed by atoms with Gasteiger partial charge >= 0.3 is 5.97 Å². The summed E-state index contributed by atoms with van der Waals surface area (Å²) in [7, 11) is 0.